The Bertz CT molecular complexity index is 646. The fourth-order valence-electron chi connectivity index (χ4n) is 3.95. The van der Waals surface area contributed by atoms with Crippen LogP contribution in [0.2, 0.25) is 0 Å². The molecule has 1 N–H and O–H groups in total. The highest BCUT2D eigenvalue weighted by atomic mass is 19.1. The predicted octanol–water partition coefficient (Wildman–Crippen LogP) is 3.97. The van der Waals surface area contributed by atoms with Crippen molar-refractivity contribution >= 4 is 17.3 Å². The summed E-state index contributed by atoms with van der Waals surface area (Å²) in [6.45, 7) is 8.09. The highest BCUT2D eigenvalue weighted by molar-refractivity contribution is 5.94. The third-order valence-electron chi connectivity index (χ3n) is 5.52. The Balaban J connectivity index is 1.57. The van der Waals surface area contributed by atoms with Crippen molar-refractivity contribution in [2.24, 2.45) is 5.92 Å². The van der Waals surface area contributed by atoms with Crippen molar-refractivity contribution in [3.05, 3.63) is 24.0 Å². The van der Waals surface area contributed by atoms with Gasteiger partial charge in [0.05, 0.1) is 18.4 Å². The van der Waals surface area contributed by atoms with E-state index in [1.807, 2.05) is 0 Å². The number of rotatable bonds is 7. The molecule has 0 radical (unpaired) electrons. The Morgan fingerprint density at radius 3 is 2.81 bits per heavy atom. The zero-order chi connectivity index (χ0) is 19.4. The van der Waals surface area contributed by atoms with Gasteiger partial charge in [0.2, 0.25) is 0 Å². The molecule has 2 aliphatic heterocycles. The lowest BCUT2D eigenvalue weighted by Gasteiger charge is -2.30. The van der Waals surface area contributed by atoms with E-state index < -0.39 is 6.10 Å². The van der Waals surface area contributed by atoms with Gasteiger partial charge in [0.25, 0.3) is 5.91 Å². The molecule has 0 bridgehead atoms. The van der Waals surface area contributed by atoms with Gasteiger partial charge in [-0.1, -0.05) is 13.8 Å². The van der Waals surface area contributed by atoms with Gasteiger partial charge in [-0.25, -0.2) is 4.39 Å². The lowest BCUT2D eigenvalue weighted by Crippen LogP contribution is -2.34. The number of hydrogen-bond donors (Lipinski definition) is 1. The molecule has 0 aromatic heterocycles. The van der Waals surface area contributed by atoms with E-state index >= 15 is 0 Å². The zero-order valence-electron chi connectivity index (χ0n) is 16.5. The summed E-state index contributed by atoms with van der Waals surface area (Å²) in [6.07, 6.45) is 3.64. The number of carbonyl (C=O) groups excluding carboxylic acids is 1. The first-order valence-corrected chi connectivity index (χ1v) is 10.1. The molecular weight excluding hydrogens is 347 g/mol. The number of ether oxygens (including phenoxy) is 2. The van der Waals surface area contributed by atoms with Gasteiger partial charge in [0, 0.05) is 24.9 Å². The van der Waals surface area contributed by atoms with Gasteiger partial charge in [-0.2, -0.15) is 0 Å². The minimum absolute atomic E-state index is 0.0753. The number of benzene rings is 1. The van der Waals surface area contributed by atoms with E-state index in [0.717, 1.165) is 38.8 Å². The second-order valence-corrected chi connectivity index (χ2v) is 7.91. The van der Waals surface area contributed by atoms with Crippen LogP contribution in [0.4, 0.5) is 15.8 Å². The predicted molar refractivity (Wildman–Crippen MR) is 105 cm³/mol. The lowest BCUT2D eigenvalue weighted by atomic mass is 10.0. The van der Waals surface area contributed by atoms with Crippen LogP contribution >= 0.6 is 0 Å². The number of carbonyl (C=O) groups is 1. The molecule has 150 valence electrons. The SMILES string of the molecule is CC(C)[C@H]1CCCN1c1ccc(NC(=O)[C@H](C)OC[C@H]2CCCO2)cc1F. The summed E-state index contributed by atoms with van der Waals surface area (Å²) in [5.74, 6) is -0.0946. The van der Waals surface area contributed by atoms with Crippen LogP contribution in [0, 0.1) is 11.7 Å². The molecule has 5 nitrogen and oxygen atoms in total. The molecule has 6 heteroatoms. The summed E-state index contributed by atoms with van der Waals surface area (Å²) in [5.41, 5.74) is 1.07. The summed E-state index contributed by atoms with van der Waals surface area (Å²) in [4.78, 5) is 14.5. The van der Waals surface area contributed by atoms with Crippen molar-refractivity contribution in [3.63, 3.8) is 0 Å². The first-order valence-electron chi connectivity index (χ1n) is 10.1. The summed E-state index contributed by atoms with van der Waals surface area (Å²) in [6, 6.07) is 5.30. The molecule has 2 fully saturated rings. The molecule has 1 amide bonds. The van der Waals surface area contributed by atoms with Crippen molar-refractivity contribution < 1.29 is 18.7 Å². The Morgan fingerprint density at radius 1 is 1.33 bits per heavy atom. The fourth-order valence-corrected chi connectivity index (χ4v) is 3.95. The molecule has 1 aromatic rings. The van der Waals surface area contributed by atoms with Crippen molar-refractivity contribution in [2.45, 2.75) is 64.7 Å². The average molecular weight is 378 g/mol. The first-order chi connectivity index (χ1) is 13.0. The summed E-state index contributed by atoms with van der Waals surface area (Å²) < 4.78 is 25.8. The van der Waals surface area contributed by atoms with E-state index in [0.29, 0.717) is 29.9 Å². The Kier molecular flexibility index (Phi) is 6.71. The third kappa shape index (κ3) is 4.99. The number of anilines is 2. The molecule has 2 saturated heterocycles. The topological polar surface area (TPSA) is 50.8 Å². The fraction of sp³-hybridized carbons (Fsp3) is 0.667. The first kappa shape index (κ1) is 20.1. The van der Waals surface area contributed by atoms with Crippen molar-refractivity contribution in [3.8, 4) is 0 Å². The van der Waals surface area contributed by atoms with Crippen LogP contribution in [0.1, 0.15) is 46.5 Å². The van der Waals surface area contributed by atoms with Crippen molar-refractivity contribution in [2.75, 3.05) is 30.0 Å². The van der Waals surface area contributed by atoms with Gasteiger partial charge >= 0.3 is 0 Å². The van der Waals surface area contributed by atoms with Crippen LogP contribution in [0.25, 0.3) is 0 Å². The quantitative estimate of drug-likeness (QED) is 0.780. The second-order valence-electron chi connectivity index (χ2n) is 7.91. The Morgan fingerprint density at radius 2 is 2.15 bits per heavy atom. The van der Waals surface area contributed by atoms with Gasteiger partial charge in [-0.15, -0.1) is 0 Å². The molecule has 3 rings (SSSR count). The van der Waals surface area contributed by atoms with E-state index in [-0.39, 0.29) is 17.8 Å². The Labute approximate surface area is 161 Å². The van der Waals surface area contributed by atoms with Gasteiger partial charge in [0.1, 0.15) is 11.9 Å². The number of amides is 1. The van der Waals surface area contributed by atoms with Gasteiger partial charge in [0.15, 0.2) is 0 Å². The molecule has 1 aromatic carbocycles. The monoisotopic (exact) mass is 378 g/mol. The highest BCUT2D eigenvalue weighted by Crippen LogP contribution is 2.32. The number of nitrogens with zero attached hydrogens (tertiary/aromatic N) is 1. The highest BCUT2D eigenvalue weighted by Gasteiger charge is 2.29. The normalized spacial score (nSPS) is 23.8. The maximum Gasteiger partial charge on any atom is 0.253 e. The largest absolute Gasteiger partial charge is 0.376 e. The van der Waals surface area contributed by atoms with E-state index in [4.69, 9.17) is 9.47 Å². The number of halogens is 1. The maximum atomic E-state index is 14.7. The minimum atomic E-state index is -0.610. The van der Waals surface area contributed by atoms with Crippen LogP contribution in [-0.2, 0) is 14.3 Å². The Hall–Kier alpha value is -1.66. The molecule has 0 saturated carbocycles. The number of nitrogens with one attached hydrogen (secondary N) is 1. The minimum Gasteiger partial charge on any atom is -0.376 e. The van der Waals surface area contributed by atoms with Crippen LogP contribution < -0.4 is 10.2 Å². The van der Waals surface area contributed by atoms with Crippen LogP contribution in [0.15, 0.2) is 18.2 Å². The molecule has 2 heterocycles. The molecule has 3 atom stereocenters. The van der Waals surface area contributed by atoms with Crippen molar-refractivity contribution in [1.82, 2.24) is 0 Å². The maximum absolute atomic E-state index is 14.7. The summed E-state index contributed by atoms with van der Waals surface area (Å²) >= 11 is 0. The van der Waals surface area contributed by atoms with E-state index in [9.17, 15) is 9.18 Å². The average Bonchev–Trinajstić information content (AvgIpc) is 3.31. The molecule has 27 heavy (non-hydrogen) atoms. The van der Waals surface area contributed by atoms with E-state index in [2.05, 4.69) is 24.1 Å². The standard InChI is InChI=1S/C21H31FN2O3/c1-14(2)19-7-4-10-24(19)20-9-8-16(12-18(20)22)23-21(25)15(3)27-13-17-6-5-11-26-17/h8-9,12,14-15,17,19H,4-7,10-11,13H2,1-3H3,(H,23,25)/t15-,17+,19+/m0/s1. The summed E-state index contributed by atoms with van der Waals surface area (Å²) in [7, 11) is 0. The van der Waals surface area contributed by atoms with Crippen LogP contribution in [0.5, 0.6) is 0 Å². The van der Waals surface area contributed by atoms with Crippen LogP contribution in [0.3, 0.4) is 0 Å². The van der Waals surface area contributed by atoms with Gasteiger partial charge < -0.3 is 19.7 Å². The molecule has 0 spiro atoms. The molecule has 0 aliphatic carbocycles. The van der Waals surface area contributed by atoms with Gasteiger partial charge in [-0.05, 0) is 56.7 Å². The second kappa shape index (κ2) is 9.02. The lowest BCUT2D eigenvalue weighted by molar-refractivity contribution is -0.128. The molecule has 0 unspecified atom stereocenters. The van der Waals surface area contributed by atoms with Gasteiger partial charge in [-0.3, -0.25) is 4.79 Å². The zero-order valence-corrected chi connectivity index (χ0v) is 16.5. The molecule has 2 aliphatic rings. The number of hydrogen-bond acceptors (Lipinski definition) is 4. The van der Waals surface area contributed by atoms with E-state index in [1.165, 1.54) is 6.07 Å². The van der Waals surface area contributed by atoms with Crippen LogP contribution in [-0.4, -0.2) is 43.9 Å². The molecular formula is C21H31FN2O3. The van der Waals surface area contributed by atoms with E-state index in [1.54, 1.807) is 19.1 Å². The van der Waals surface area contributed by atoms with Crippen molar-refractivity contribution in [1.29, 1.82) is 0 Å². The summed E-state index contributed by atoms with van der Waals surface area (Å²) in [5, 5.41) is 2.75. The smallest absolute Gasteiger partial charge is 0.253 e. The third-order valence-corrected chi connectivity index (χ3v) is 5.52.